The van der Waals surface area contributed by atoms with Crippen molar-refractivity contribution < 1.29 is 14.1 Å². The van der Waals surface area contributed by atoms with Gasteiger partial charge in [0.15, 0.2) is 0 Å². The van der Waals surface area contributed by atoms with E-state index in [4.69, 9.17) is 9.26 Å². The van der Waals surface area contributed by atoms with Gasteiger partial charge in [0.25, 0.3) is 0 Å². The molecule has 1 amide bonds. The van der Waals surface area contributed by atoms with E-state index in [1.54, 1.807) is 0 Å². The van der Waals surface area contributed by atoms with E-state index < -0.39 is 0 Å². The Morgan fingerprint density at radius 2 is 2.15 bits per heavy atom. The molecule has 6 heteroatoms. The van der Waals surface area contributed by atoms with Gasteiger partial charge in [0.1, 0.15) is 18.1 Å². The summed E-state index contributed by atoms with van der Waals surface area (Å²) in [6.45, 7) is 5.51. The number of benzene rings is 1. The minimum Gasteiger partial charge on any atom is -0.491 e. The highest BCUT2D eigenvalue weighted by atomic mass is 16.5. The van der Waals surface area contributed by atoms with E-state index in [9.17, 15) is 4.79 Å². The number of carbonyl (C=O) groups is 1. The van der Waals surface area contributed by atoms with Crippen molar-refractivity contribution in [1.82, 2.24) is 10.5 Å². The smallest absolute Gasteiger partial charge is 0.227 e. The number of ether oxygens (including phenoxy) is 1. The number of hydrogen-bond donors (Lipinski definition) is 2. The molecule has 2 aliphatic rings. The summed E-state index contributed by atoms with van der Waals surface area (Å²) in [5, 5.41) is 10.6. The largest absolute Gasteiger partial charge is 0.491 e. The first-order chi connectivity index (χ1) is 13.1. The summed E-state index contributed by atoms with van der Waals surface area (Å²) in [5.41, 5.74) is 3.45. The predicted molar refractivity (Wildman–Crippen MR) is 104 cm³/mol. The van der Waals surface area contributed by atoms with E-state index in [-0.39, 0.29) is 11.8 Å². The summed E-state index contributed by atoms with van der Waals surface area (Å²) in [6, 6.07) is 6.19. The molecule has 2 heterocycles. The molecule has 2 N–H and O–H groups in total. The molecular formula is C21H27N3O3. The monoisotopic (exact) mass is 369 g/mol. The first-order valence-corrected chi connectivity index (χ1v) is 9.86. The topological polar surface area (TPSA) is 76.4 Å². The highest BCUT2D eigenvalue weighted by molar-refractivity contribution is 5.95. The molecule has 6 nitrogen and oxygen atoms in total. The first-order valence-electron chi connectivity index (χ1n) is 9.86. The van der Waals surface area contributed by atoms with Gasteiger partial charge >= 0.3 is 0 Å². The van der Waals surface area contributed by atoms with Crippen LogP contribution in [0.3, 0.4) is 0 Å². The van der Waals surface area contributed by atoms with Crippen molar-refractivity contribution in [2.45, 2.75) is 52.0 Å². The second-order valence-electron chi connectivity index (χ2n) is 7.63. The van der Waals surface area contributed by atoms with E-state index >= 15 is 0 Å². The molecule has 1 saturated carbocycles. The zero-order valence-electron chi connectivity index (χ0n) is 16.0. The lowest BCUT2D eigenvalue weighted by Crippen LogP contribution is -2.38. The minimum absolute atomic E-state index is 0.0970. The summed E-state index contributed by atoms with van der Waals surface area (Å²) >= 11 is 0. The number of amides is 1. The number of carbonyl (C=O) groups excluding carboxylic acids is 1. The van der Waals surface area contributed by atoms with E-state index in [1.807, 2.05) is 32.0 Å². The van der Waals surface area contributed by atoms with Gasteiger partial charge in [-0.25, -0.2) is 0 Å². The standard InChI is InChI=1S/C21H27N3O3/c1-13-20(14(2)27-24-13)18-11-16(23-21(25)15-6-7-15)8-9-19(18)26-12-17-5-3-4-10-22-17/h8-9,11,15,17,22H,3-7,10,12H2,1-2H3,(H,23,25). The third-order valence-corrected chi connectivity index (χ3v) is 5.35. The Bertz CT molecular complexity index is 801. The molecule has 4 rings (SSSR count). The molecule has 144 valence electrons. The SMILES string of the molecule is Cc1noc(C)c1-c1cc(NC(=O)C2CC2)ccc1OCC1CCCCN1. The minimum atomic E-state index is 0.0970. The number of hydrogen-bond acceptors (Lipinski definition) is 5. The van der Waals surface area contributed by atoms with Gasteiger partial charge in [-0.3, -0.25) is 4.79 Å². The number of piperidine rings is 1. The molecule has 1 aliphatic carbocycles. The summed E-state index contributed by atoms with van der Waals surface area (Å²) < 4.78 is 11.5. The molecule has 2 aromatic rings. The van der Waals surface area contributed by atoms with Gasteiger partial charge < -0.3 is 19.9 Å². The summed E-state index contributed by atoms with van der Waals surface area (Å²) in [5.74, 6) is 1.81. The lowest BCUT2D eigenvalue weighted by Gasteiger charge is -2.24. The first kappa shape index (κ1) is 18.0. The van der Waals surface area contributed by atoms with Crippen LogP contribution in [0.2, 0.25) is 0 Å². The van der Waals surface area contributed by atoms with Crippen molar-refractivity contribution >= 4 is 11.6 Å². The molecular weight excluding hydrogens is 342 g/mol. The van der Waals surface area contributed by atoms with Gasteiger partial charge in [0, 0.05) is 23.2 Å². The van der Waals surface area contributed by atoms with Crippen LogP contribution in [0.25, 0.3) is 11.1 Å². The number of nitrogens with zero attached hydrogens (tertiary/aromatic N) is 1. The van der Waals surface area contributed by atoms with Crippen molar-refractivity contribution in [3.8, 4) is 16.9 Å². The van der Waals surface area contributed by atoms with Gasteiger partial charge in [-0.05, 0) is 64.3 Å². The fraction of sp³-hybridized carbons (Fsp3) is 0.524. The molecule has 1 aliphatic heterocycles. The Balaban J connectivity index is 1.59. The lowest BCUT2D eigenvalue weighted by molar-refractivity contribution is -0.117. The Hall–Kier alpha value is -2.34. The van der Waals surface area contributed by atoms with E-state index in [2.05, 4.69) is 15.8 Å². The number of aromatic nitrogens is 1. The van der Waals surface area contributed by atoms with Crippen molar-refractivity contribution in [1.29, 1.82) is 0 Å². The van der Waals surface area contributed by atoms with E-state index in [0.29, 0.717) is 12.6 Å². The normalized spacial score (nSPS) is 19.7. The van der Waals surface area contributed by atoms with Crippen molar-refractivity contribution in [2.24, 2.45) is 5.92 Å². The zero-order valence-corrected chi connectivity index (χ0v) is 16.0. The quantitative estimate of drug-likeness (QED) is 0.809. The van der Waals surface area contributed by atoms with Gasteiger partial charge in [-0.1, -0.05) is 11.6 Å². The third kappa shape index (κ3) is 4.16. The molecule has 1 atom stereocenters. The second kappa shape index (κ2) is 7.72. The highest BCUT2D eigenvalue weighted by Gasteiger charge is 2.30. The average Bonchev–Trinajstić information content (AvgIpc) is 3.47. The van der Waals surface area contributed by atoms with E-state index in [0.717, 1.165) is 59.8 Å². The molecule has 0 bridgehead atoms. The predicted octanol–water partition coefficient (Wildman–Crippen LogP) is 3.83. The lowest BCUT2D eigenvalue weighted by atomic mass is 10.0. The van der Waals surface area contributed by atoms with Gasteiger partial charge in [0.05, 0.1) is 11.3 Å². The molecule has 27 heavy (non-hydrogen) atoms. The van der Waals surface area contributed by atoms with Gasteiger partial charge in [0.2, 0.25) is 5.91 Å². The summed E-state index contributed by atoms with van der Waals surface area (Å²) in [6.07, 6.45) is 5.58. The van der Waals surface area contributed by atoms with Gasteiger partial charge in [-0.15, -0.1) is 0 Å². The van der Waals surface area contributed by atoms with Crippen LogP contribution in [0.15, 0.2) is 22.7 Å². The number of anilines is 1. The van der Waals surface area contributed by atoms with Crippen LogP contribution >= 0.6 is 0 Å². The zero-order chi connectivity index (χ0) is 18.8. The molecule has 1 aromatic heterocycles. The fourth-order valence-corrected chi connectivity index (χ4v) is 3.64. The summed E-state index contributed by atoms with van der Waals surface area (Å²) in [7, 11) is 0. The van der Waals surface area contributed by atoms with Crippen LogP contribution < -0.4 is 15.4 Å². The average molecular weight is 369 g/mol. The Morgan fingerprint density at radius 3 is 2.81 bits per heavy atom. The van der Waals surface area contributed by atoms with Crippen LogP contribution in [-0.2, 0) is 4.79 Å². The molecule has 2 fully saturated rings. The number of rotatable bonds is 6. The highest BCUT2D eigenvalue weighted by Crippen LogP contribution is 2.37. The molecule has 0 spiro atoms. The Kier molecular flexibility index (Phi) is 5.16. The number of aryl methyl sites for hydroxylation is 2. The molecule has 0 radical (unpaired) electrons. The van der Waals surface area contributed by atoms with Crippen LogP contribution in [0.5, 0.6) is 5.75 Å². The maximum atomic E-state index is 12.1. The molecule has 1 saturated heterocycles. The number of nitrogens with one attached hydrogen (secondary N) is 2. The fourth-order valence-electron chi connectivity index (χ4n) is 3.64. The van der Waals surface area contributed by atoms with Crippen molar-refractivity contribution in [2.75, 3.05) is 18.5 Å². The maximum absolute atomic E-state index is 12.1. The second-order valence-corrected chi connectivity index (χ2v) is 7.63. The summed E-state index contributed by atoms with van der Waals surface area (Å²) in [4.78, 5) is 12.1. The third-order valence-electron chi connectivity index (χ3n) is 5.35. The van der Waals surface area contributed by atoms with Crippen molar-refractivity contribution in [3.63, 3.8) is 0 Å². The van der Waals surface area contributed by atoms with Crippen LogP contribution in [-0.4, -0.2) is 30.3 Å². The maximum Gasteiger partial charge on any atom is 0.227 e. The molecule has 1 unspecified atom stereocenters. The Labute approximate surface area is 159 Å². The van der Waals surface area contributed by atoms with Crippen LogP contribution in [0, 0.1) is 19.8 Å². The van der Waals surface area contributed by atoms with E-state index in [1.165, 1.54) is 12.8 Å². The van der Waals surface area contributed by atoms with Crippen LogP contribution in [0.4, 0.5) is 5.69 Å². The van der Waals surface area contributed by atoms with Crippen molar-refractivity contribution in [3.05, 3.63) is 29.7 Å². The Morgan fingerprint density at radius 1 is 1.30 bits per heavy atom. The van der Waals surface area contributed by atoms with Crippen LogP contribution in [0.1, 0.15) is 43.6 Å². The molecule has 1 aromatic carbocycles. The van der Waals surface area contributed by atoms with Gasteiger partial charge in [-0.2, -0.15) is 0 Å².